The number of hydrogen-bond acceptors (Lipinski definition) is 3. The molecule has 1 heterocycles. The zero-order valence-corrected chi connectivity index (χ0v) is 5.62. The van der Waals surface area contributed by atoms with Crippen LogP contribution in [0.15, 0.2) is 18.6 Å². The second-order valence-electron chi connectivity index (χ2n) is 1.90. The van der Waals surface area contributed by atoms with E-state index in [9.17, 15) is 0 Å². The second-order valence-corrected chi connectivity index (χ2v) is 1.90. The summed E-state index contributed by atoms with van der Waals surface area (Å²) in [5, 5.41) is 2.56. The molecule has 0 fully saturated rings. The molecule has 0 unspecified atom stereocenters. The topological polar surface area (TPSA) is 37.8 Å². The number of hydrogen-bond donors (Lipinski definition) is 1. The summed E-state index contributed by atoms with van der Waals surface area (Å²) in [4.78, 5) is 7.80. The molecule has 0 atom stereocenters. The van der Waals surface area contributed by atoms with Crippen LogP contribution in [-0.4, -0.2) is 16.5 Å². The molecule has 0 amide bonds. The molecule has 0 saturated carbocycles. The molecule has 1 aromatic heterocycles. The summed E-state index contributed by atoms with van der Waals surface area (Å²) in [5.41, 5.74) is 1.01. The van der Waals surface area contributed by atoms with Crippen LogP contribution in [0, 0.1) is 7.05 Å². The van der Waals surface area contributed by atoms with Crippen molar-refractivity contribution in [2.24, 2.45) is 0 Å². The van der Waals surface area contributed by atoms with E-state index in [1.165, 1.54) is 6.33 Å². The minimum Gasteiger partial charge on any atom is -0.310 e. The Labute approximate surface area is 60.5 Å². The fourth-order valence-electron chi connectivity index (χ4n) is 0.666. The van der Waals surface area contributed by atoms with Gasteiger partial charge in [0, 0.05) is 31.9 Å². The van der Waals surface area contributed by atoms with E-state index in [1.54, 1.807) is 6.20 Å². The van der Waals surface area contributed by atoms with Crippen molar-refractivity contribution in [3.05, 3.63) is 31.3 Å². The first-order valence-corrected chi connectivity index (χ1v) is 3.12. The predicted octanol–water partition coefficient (Wildman–Crippen LogP) is 0.277. The first-order chi connectivity index (χ1) is 4.93. The van der Waals surface area contributed by atoms with Crippen LogP contribution in [0.25, 0.3) is 0 Å². The Kier molecular flexibility index (Phi) is 2.83. The van der Waals surface area contributed by atoms with Crippen LogP contribution in [0.4, 0.5) is 0 Å². The van der Waals surface area contributed by atoms with Gasteiger partial charge >= 0.3 is 0 Å². The fourth-order valence-corrected chi connectivity index (χ4v) is 0.666. The summed E-state index contributed by atoms with van der Waals surface area (Å²) < 4.78 is 0. The van der Waals surface area contributed by atoms with E-state index in [-0.39, 0.29) is 0 Å². The molecule has 1 N–H and O–H groups in total. The average Bonchev–Trinajstić information content (AvgIpc) is 2.03. The lowest BCUT2D eigenvalue weighted by Gasteiger charge is -1.96. The van der Waals surface area contributed by atoms with E-state index in [0.717, 1.165) is 18.7 Å². The van der Waals surface area contributed by atoms with Gasteiger partial charge in [0.2, 0.25) is 0 Å². The molecule has 0 saturated heterocycles. The molecular weight excluding hydrogens is 126 g/mol. The highest BCUT2D eigenvalue weighted by molar-refractivity contribution is 4.97. The highest BCUT2D eigenvalue weighted by Gasteiger charge is 1.89. The summed E-state index contributed by atoms with van der Waals surface area (Å²) in [6.07, 6.45) is 4.10. The number of nitrogens with zero attached hydrogens (tertiary/aromatic N) is 2. The summed E-state index contributed by atoms with van der Waals surface area (Å²) in [6.45, 7) is 0.747. The van der Waals surface area contributed by atoms with Crippen molar-refractivity contribution in [3.8, 4) is 0 Å². The minimum atomic E-state index is 0.747. The van der Waals surface area contributed by atoms with Crippen LogP contribution in [0.1, 0.15) is 5.69 Å². The third kappa shape index (κ3) is 2.11. The third-order valence-electron chi connectivity index (χ3n) is 1.17. The Bertz CT molecular complexity index is 173. The lowest BCUT2D eigenvalue weighted by Crippen LogP contribution is -2.08. The molecule has 0 spiro atoms. The SMILES string of the molecule is [CH]NCCc1ccncn1. The van der Waals surface area contributed by atoms with Crippen molar-refractivity contribution in [2.75, 3.05) is 6.54 Å². The normalized spacial score (nSPS) is 9.70. The number of aromatic nitrogens is 2. The highest BCUT2D eigenvalue weighted by atomic mass is 14.8. The Morgan fingerprint density at radius 3 is 3.10 bits per heavy atom. The molecule has 1 rings (SSSR count). The standard InChI is InChI=1S/C7H9N3/c1-8-4-2-7-3-5-9-6-10-7/h1,3,5-6,8H,2,4H2. The van der Waals surface area contributed by atoms with Crippen molar-refractivity contribution in [3.63, 3.8) is 0 Å². The van der Waals surface area contributed by atoms with Gasteiger partial charge in [-0.25, -0.2) is 9.97 Å². The van der Waals surface area contributed by atoms with E-state index in [0.29, 0.717) is 0 Å². The average molecular weight is 135 g/mol. The molecule has 3 nitrogen and oxygen atoms in total. The van der Waals surface area contributed by atoms with Crippen LogP contribution in [0.2, 0.25) is 0 Å². The van der Waals surface area contributed by atoms with Gasteiger partial charge in [-0.1, -0.05) is 0 Å². The van der Waals surface area contributed by atoms with Crippen LogP contribution in [0.5, 0.6) is 0 Å². The van der Waals surface area contributed by atoms with Gasteiger partial charge < -0.3 is 5.32 Å². The molecule has 0 aliphatic heterocycles. The molecule has 52 valence electrons. The van der Waals surface area contributed by atoms with Crippen molar-refractivity contribution >= 4 is 0 Å². The molecule has 0 aliphatic carbocycles. The van der Waals surface area contributed by atoms with E-state index in [2.05, 4.69) is 15.3 Å². The Morgan fingerprint density at radius 1 is 1.60 bits per heavy atom. The van der Waals surface area contributed by atoms with Gasteiger partial charge in [0.1, 0.15) is 6.33 Å². The van der Waals surface area contributed by atoms with Gasteiger partial charge in [0.25, 0.3) is 0 Å². The second kappa shape index (κ2) is 3.95. The van der Waals surface area contributed by atoms with Gasteiger partial charge in [-0.15, -0.1) is 0 Å². The van der Waals surface area contributed by atoms with Crippen LogP contribution >= 0.6 is 0 Å². The van der Waals surface area contributed by atoms with Crippen LogP contribution in [-0.2, 0) is 6.42 Å². The van der Waals surface area contributed by atoms with Gasteiger partial charge in [-0.05, 0) is 6.07 Å². The minimum absolute atomic E-state index is 0.747. The molecule has 3 heteroatoms. The maximum atomic E-state index is 5.08. The quantitative estimate of drug-likeness (QED) is 0.605. The van der Waals surface area contributed by atoms with E-state index in [4.69, 9.17) is 7.05 Å². The highest BCUT2D eigenvalue weighted by Crippen LogP contribution is 1.89. The maximum absolute atomic E-state index is 5.08. The molecule has 0 aliphatic rings. The van der Waals surface area contributed by atoms with Gasteiger partial charge in [0.15, 0.2) is 0 Å². The summed E-state index contributed by atoms with van der Waals surface area (Å²) in [6, 6.07) is 1.87. The predicted molar refractivity (Wildman–Crippen MR) is 38.0 cm³/mol. The Balaban J connectivity index is 2.43. The zero-order valence-electron chi connectivity index (χ0n) is 5.62. The fraction of sp³-hybridized carbons (Fsp3) is 0.286. The molecule has 2 radical (unpaired) electrons. The largest absolute Gasteiger partial charge is 0.310 e. The van der Waals surface area contributed by atoms with Crippen LogP contribution in [0.3, 0.4) is 0 Å². The van der Waals surface area contributed by atoms with E-state index >= 15 is 0 Å². The smallest absolute Gasteiger partial charge is 0.115 e. The molecule has 0 aromatic carbocycles. The Morgan fingerprint density at radius 2 is 2.50 bits per heavy atom. The molecular formula is C7H9N3. The maximum Gasteiger partial charge on any atom is 0.115 e. The van der Waals surface area contributed by atoms with E-state index in [1.807, 2.05) is 6.07 Å². The van der Waals surface area contributed by atoms with Crippen LogP contribution < -0.4 is 5.32 Å². The van der Waals surface area contributed by atoms with Gasteiger partial charge in [-0.3, -0.25) is 0 Å². The third-order valence-corrected chi connectivity index (χ3v) is 1.17. The first-order valence-electron chi connectivity index (χ1n) is 3.12. The summed E-state index contributed by atoms with van der Waals surface area (Å²) in [7, 11) is 5.08. The van der Waals surface area contributed by atoms with Gasteiger partial charge in [0.05, 0.1) is 0 Å². The lowest BCUT2D eigenvalue weighted by atomic mass is 10.3. The van der Waals surface area contributed by atoms with Crippen molar-refractivity contribution < 1.29 is 0 Å². The number of rotatable bonds is 3. The van der Waals surface area contributed by atoms with Gasteiger partial charge in [-0.2, -0.15) is 0 Å². The van der Waals surface area contributed by atoms with Crippen molar-refractivity contribution in [2.45, 2.75) is 6.42 Å². The lowest BCUT2D eigenvalue weighted by molar-refractivity contribution is 0.805. The monoisotopic (exact) mass is 135 g/mol. The molecule has 0 bridgehead atoms. The Hall–Kier alpha value is -0.960. The van der Waals surface area contributed by atoms with E-state index < -0.39 is 0 Å². The summed E-state index contributed by atoms with van der Waals surface area (Å²) >= 11 is 0. The number of nitrogens with one attached hydrogen (secondary N) is 1. The van der Waals surface area contributed by atoms with Crippen molar-refractivity contribution in [1.82, 2.24) is 15.3 Å². The van der Waals surface area contributed by atoms with Crippen molar-refractivity contribution in [1.29, 1.82) is 0 Å². The molecule has 1 aromatic rings. The first kappa shape index (κ1) is 7.15. The molecule has 10 heavy (non-hydrogen) atoms. The summed E-state index contributed by atoms with van der Waals surface area (Å²) in [5.74, 6) is 0. The zero-order chi connectivity index (χ0) is 7.23.